The SMILES string of the molecule is CC[NH+]1CCN(c2nc(CSc3ccc(Cl)cc3)nc3sc4c(c23)CCC4)CC1. The summed E-state index contributed by atoms with van der Waals surface area (Å²) in [5, 5.41) is 2.12. The fourth-order valence-corrected chi connectivity index (χ4v) is 6.53. The van der Waals surface area contributed by atoms with E-state index in [9.17, 15) is 0 Å². The smallest absolute Gasteiger partial charge is 0.142 e. The monoisotopic (exact) mass is 445 g/mol. The Morgan fingerprint density at radius 2 is 1.93 bits per heavy atom. The van der Waals surface area contributed by atoms with Crippen LogP contribution in [0.15, 0.2) is 29.2 Å². The van der Waals surface area contributed by atoms with E-state index in [1.165, 1.54) is 70.3 Å². The lowest BCUT2D eigenvalue weighted by molar-refractivity contribution is -0.898. The highest BCUT2D eigenvalue weighted by Gasteiger charge is 2.27. The van der Waals surface area contributed by atoms with Gasteiger partial charge >= 0.3 is 0 Å². The highest BCUT2D eigenvalue weighted by Crippen LogP contribution is 2.41. The number of aromatic nitrogens is 2. The molecule has 0 amide bonds. The standard InChI is InChI=1S/C22H25ClN4S2/c1-2-26-10-12-27(13-11-26)21-20-17-4-3-5-18(17)29-22(20)25-19(24-21)14-28-16-8-6-15(23)7-9-16/h6-9H,2-5,10-14H2,1H3/p+1. The molecular formula is C22H26ClN4S2+. The van der Waals surface area contributed by atoms with Gasteiger partial charge in [0.1, 0.15) is 16.5 Å². The molecule has 0 radical (unpaired) electrons. The van der Waals surface area contributed by atoms with Gasteiger partial charge in [0, 0.05) is 14.8 Å². The molecule has 0 saturated carbocycles. The van der Waals surface area contributed by atoms with Gasteiger partial charge < -0.3 is 9.80 Å². The summed E-state index contributed by atoms with van der Waals surface area (Å²) in [6.07, 6.45) is 3.67. The molecule has 4 nitrogen and oxygen atoms in total. The van der Waals surface area contributed by atoms with Crippen molar-refractivity contribution >= 4 is 50.7 Å². The van der Waals surface area contributed by atoms with Gasteiger partial charge in [-0.1, -0.05) is 11.6 Å². The zero-order chi connectivity index (χ0) is 19.8. The highest BCUT2D eigenvalue weighted by atomic mass is 35.5. The predicted octanol–water partition coefficient (Wildman–Crippen LogP) is 3.85. The molecule has 1 aromatic carbocycles. The van der Waals surface area contributed by atoms with Crippen LogP contribution in [0.25, 0.3) is 10.2 Å². The van der Waals surface area contributed by atoms with E-state index in [1.54, 1.807) is 16.7 Å². The van der Waals surface area contributed by atoms with Gasteiger partial charge in [0.05, 0.1) is 43.9 Å². The van der Waals surface area contributed by atoms with Gasteiger partial charge in [-0.2, -0.15) is 0 Å². The van der Waals surface area contributed by atoms with Gasteiger partial charge in [-0.25, -0.2) is 9.97 Å². The molecule has 2 aromatic heterocycles. The van der Waals surface area contributed by atoms with Crippen molar-refractivity contribution < 1.29 is 4.90 Å². The lowest BCUT2D eigenvalue weighted by Crippen LogP contribution is -3.14. The van der Waals surface area contributed by atoms with E-state index in [4.69, 9.17) is 21.6 Å². The Morgan fingerprint density at radius 3 is 2.69 bits per heavy atom. The highest BCUT2D eigenvalue weighted by molar-refractivity contribution is 7.98. The number of halogens is 1. The maximum atomic E-state index is 6.02. The number of thiophene rings is 1. The normalized spacial score (nSPS) is 17.2. The second-order valence-corrected chi connectivity index (χ2v) is 10.4. The average Bonchev–Trinajstić information content (AvgIpc) is 3.34. The second-order valence-electron chi connectivity index (χ2n) is 7.83. The number of nitrogens with zero attached hydrogens (tertiary/aromatic N) is 3. The molecule has 5 rings (SSSR count). The Morgan fingerprint density at radius 1 is 1.14 bits per heavy atom. The van der Waals surface area contributed by atoms with E-state index in [0.29, 0.717) is 0 Å². The van der Waals surface area contributed by atoms with Crippen molar-refractivity contribution in [2.45, 2.75) is 36.8 Å². The van der Waals surface area contributed by atoms with E-state index in [0.717, 1.165) is 29.7 Å². The van der Waals surface area contributed by atoms with Crippen LogP contribution in [0.4, 0.5) is 5.82 Å². The Labute approximate surface area is 185 Å². The third-order valence-electron chi connectivity index (χ3n) is 6.04. The lowest BCUT2D eigenvalue weighted by Gasteiger charge is -2.33. The van der Waals surface area contributed by atoms with Crippen LogP contribution in [0, 0.1) is 0 Å². The summed E-state index contributed by atoms with van der Waals surface area (Å²) < 4.78 is 0. The quantitative estimate of drug-likeness (QED) is 0.605. The topological polar surface area (TPSA) is 33.5 Å². The molecule has 2 aliphatic rings. The Kier molecular flexibility index (Phi) is 5.69. The number of benzene rings is 1. The van der Waals surface area contributed by atoms with Crippen LogP contribution in [0.2, 0.25) is 5.02 Å². The fourth-order valence-electron chi connectivity index (χ4n) is 4.38. The zero-order valence-electron chi connectivity index (χ0n) is 16.7. The van der Waals surface area contributed by atoms with E-state index < -0.39 is 0 Å². The first kappa shape index (κ1) is 19.6. The Hall–Kier alpha value is -1.34. The molecule has 0 unspecified atom stereocenters. The minimum absolute atomic E-state index is 0.774. The first-order valence-electron chi connectivity index (χ1n) is 10.5. The average molecular weight is 446 g/mol. The molecule has 1 N–H and O–H groups in total. The van der Waals surface area contributed by atoms with Gasteiger partial charge in [-0.05, 0) is 56.0 Å². The van der Waals surface area contributed by atoms with Gasteiger partial charge in [0.25, 0.3) is 0 Å². The summed E-state index contributed by atoms with van der Waals surface area (Å²) in [5.41, 5.74) is 1.53. The van der Waals surface area contributed by atoms with Crippen LogP contribution in [0.3, 0.4) is 0 Å². The summed E-state index contributed by atoms with van der Waals surface area (Å²) in [6, 6.07) is 8.02. The Balaban J connectivity index is 1.47. The van der Waals surface area contributed by atoms with Crippen molar-refractivity contribution in [2.24, 2.45) is 0 Å². The van der Waals surface area contributed by atoms with E-state index in [-0.39, 0.29) is 0 Å². The number of aryl methyl sites for hydroxylation is 2. The maximum Gasteiger partial charge on any atom is 0.142 e. The number of quaternary nitrogens is 1. The molecule has 1 aliphatic carbocycles. The minimum Gasteiger partial charge on any atom is -0.345 e. The van der Waals surface area contributed by atoms with Crippen LogP contribution in [-0.4, -0.2) is 42.7 Å². The van der Waals surface area contributed by atoms with Gasteiger partial charge in [-0.3, -0.25) is 0 Å². The summed E-state index contributed by atoms with van der Waals surface area (Å²) in [4.78, 5) is 18.3. The van der Waals surface area contributed by atoms with Crippen LogP contribution in [0.1, 0.15) is 29.6 Å². The summed E-state index contributed by atoms with van der Waals surface area (Å²) in [6.45, 7) is 8.06. The molecular weight excluding hydrogens is 420 g/mol. The Bertz CT molecular complexity index is 1010. The molecule has 1 saturated heterocycles. The molecule has 29 heavy (non-hydrogen) atoms. The van der Waals surface area contributed by atoms with Gasteiger partial charge in [0.2, 0.25) is 0 Å². The van der Waals surface area contributed by atoms with Gasteiger partial charge in [-0.15, -0.1) is 23.1 Å². The lowest BCUT2D eigenvalue weighted by atomic mass is 10.1. The van der Waals surface area contributed by atoms with Crippen LogP contribution < -0.4 is 9.80 Å². The number of likely N-dealkylation sites (N-methyl/N-ethyl adjacent to an activating group) is 1. The zero-order valence-corrected chi connectivity index (χ0v) is 19.1. The second kappa shape index (κ2) is 8.42. The summed E-state index contributed by atoms with van der Waals surface area (Å²) >= 11 is 9.70. The first-order chi connectivity index (χ1) is 14.2. The van der Waals surface area contributed by atoms with Crippen LogP contribution in [0.5, 0.6) is 0 Å². The van der Waals surface area contributed by atoms with Crippen molar-refractivity contribution in [3.63, 3.8) is 0 Å². The van der Waals surface area contributed by atoms with E-state index in [1.807, 2.05) is 23.5 Å². The summed E-state index contributed by atoms with van der Waals surface area (Å²) in [5.74, 6) is 2.92. The van der Waals surface area contributed by atoms with E-state index >= 15 is 0 Å². The number of hydrogen-bond acceptors (Lipinski definition) is 5. The number of anilines is 1. The third-order valence-corrected chi connectivity index (χ3v) is 8.49. The molecule has 1 aliphatic heterocycles. The molecule has 152 valence electrons. The first-order valence-corrected chi connectivity index (χ1v) is 12.7. The fraction of sp³-hybridized carbons (Fsp3) is 0.455. The van der Waals surface area contributed by atoms with Gasteiger partial charge in [0.15, 0.2) is 0 Å². The van der Waals surface area contributed by atoms with Crippen molar-refractivity contribution in [1.29, 1.82) is 0 Å². The van der Waals surface area contributed by atoms with Crippen LogP contribution >= 0.6 is 34.7 Å². The number of nitrogens with one attached hydrogen (secondary N) is 1. The van der Waals surface area contributed by atoms with Crippen molar-refractivity contribution in [1.82, 2.24) is 9.97 Å². The molecule has 7 heteroatoms. The van der Waals surface area contributed by atoms with Crippen molar-refractivity contribution in [2.75, 3.05) is 37.6 Å². The molecule has 1 fully saturated rings. The molecule has 0 spiro atoms. The summed E-state index contributed by atoms with van der Waals surface area (Å²) in [7, 11) is 0. The number of rotatable bonds is 5. The predicted molar refractivity (Wildman–Crippen MR) is 124 cm³/mol. The minimum atomic E-state index is 0.774. The molecule has 3 heterocycles. The molecule has 0 atom stereocenters. The van der Waals surface area contributed by atoms with Crippen molar-refractivity contribution in [3.05, 3.63) is 45.6 Å². The number of thioether (sulfide) groups is 1. The molecule has 3 aromatic rings. The van der Waals surface area contributed by atoms with Crippen molar-refractivity contribution in [3.8, 4) is 0 Å². The van der Waals surface area contributed by atoms with Crippen LogP contribution in [-0.2, 0) is 18.6 Å². The molecule has 0 bridgehead atoms. The third kappa shape index (κ3) is 4.00. The number of piperazine rings is 1. The van der Waals surface area contributed by atoms with E-state index in [2.05, 4.69) is 24.0 Å². The number of hydrogen-bond donors (Lipinski definition) is 1. The number of fused-ring (bicyclic) bond motifs is 3. The maximum absolute atomic E-state index is 6.02. The largest absolute Gasteiger partial charge is 0.345 e.